The highest BCUT2D eigenvalue weighted by Gasteiger charge is 2.32. The Hall–Kier alpha value is -0.580. The topological polar surface area (TPSA) is 30.5 Å². The lowest BCUT2D eigenvalue weighted by atomic mass is 10.2. The lowest BCUT2D eigenvalue weighted by molar-refractivity contribution is -0.136. The van der Waals surface area contributed by atoms with Gasteiger partial charge < -0.3 is 14.8 Å². The van der Waals surface area contributed by atoms with Crippen molar-refractivity contribution in [3.8, 4) is 0 Å². The van der Waals surface area contributed by atoms with Gasteiger partial charge in [-0.2, -0.15) is 0 Å². The van der Waals surface area contributed by atoms with Gasteiger partial charge in [0, 0.05) is 16.7 Å². The largest absolute Gasteiger partial charge is 0.382 e. The summed E-state index contributed by atoms with van der Waals surface area (Å²) in [7, 11) is 0. The SMILES string of the molecule is Cc1cc(NC[C@H]2COC(C)(C)O2)ccc1Br. The van der Waals surface area contributed by atoms with Gasteiger partial charge in [0.1, 0.15) is 6.10 Å². The second kappa shape index (κ2) is 4.96. The summed E-state index contributed by atoms with van der Waals surface area (Å²) in [6, 6.07) is 6.22. The third-order valence-corrected chi connectivity index (χ3v) is 3.65. The number of hydrogen-bond acceptors (Lipinski definition) is 3. The highest BCUT2D eigenvalue weighted by Crippen LogP contribution is 2.23. The number of anilines is 1. The van der Waals surface area contributed by atoms with Crippen LogP contribution in [0.2, 0.25) is 0 Å². The van der Waals surface area contributed by atoms with E-state index < -0.39 is 5.79 Å². The molecule has 94 valence electrons. The molecule has 0 amide bonds. The molecule has 0 unspecified atom stereocenters. The minimum Gasteiger partial charge on any atom is -0.382 e. The maximum atomic E-state index is 5.73. The van der Waals surface area contributed by atoms with Crippen molar-refractivity contribution >= 4 is 21.6 Å². The van der Waals surface area contributed by atoms with Gasteiger partial charge in [-0.25, -0.2) is 0 Å². The predicted molar refractivity (Wildman–Crippen MR) is 72.3 cm³/mol. The fourth-order valence-electron chi connectivity index (χ4n) is 1.85. The average Bonchev–Trinajstić information content (AvgIpc) is 2.60. The van der Waals surface area contributed by atoms with E-state index in [0.717, 1.165) is 16.7 Å². The zero-order valence-electron chi connectivity index (χ0n) is 10.4. The summed E-state index contributed by atoms with van der Waals surface area (Å²) < 4.78 is 12.4. The van der Waals surface area contributed by atoms with Crippen molar-refractivity contribution in [3.05, 3.63) is 28.2 Å². The maximum Gasteiger partial charge on any atom is 0.163 e. The predicted octanol–water partition coefficient (Wildman–Crippen LogP) is 3.32. The molecule has 0 bridgehead atoms. The highest BCUT2D eigenvalue weighted by molar-refractivity contribution is 9.10. The Morgan fingerprint density at radius 1 is 1.47 bits per heavy atom. The van der Waals surface area contributed by atoms with Gasteiger partial charge in [0.15, 0.2) is 5.79 Å². The maximum absolute atomic E-state index is 5.73. The first-order valence-electron chi connectivity index (χ1n) is 5.78. The van der Waals surface area contributed by atoms with Crippen LogP contribution in [0, 0.1) is 6.92 Å². The normalized spacial score (nSPS) is 22.7. The van der Waals surface area contributed by atoms with E-state index in [1.807, 2.05) is 19.9 Å². The number of nitrogens with one attached hydrogen (secondary N) is 1. The molecule has 1 aliphatic heterocycles. The van der Waals surface area contributed by atoms with Crippen molar-refractivity contribution in [2.75, 3.05) is 18.5 Å². The Kier molecular flexibility index (Phi) is 3.76. The standard InChI is InChI=1S/C13H18BrNO2/c1-9-6-10(4-5-12(9)14)15-7-11-8-16-13(2,3)17-11/h4-6,11,15H,7-8H2,1-3H3/t11-/m0/s1. The third-order valence-electron chi connectivity index (χ3n) is 2.76. The molecular formula is C13H18BrNO2. The van der Waals surface area contributed by atoms with Crippen molar-refractivity contribution in [1.82, 2.24) is 0 Å². The van der Waals surface area contributed by atoms with Crippen molar-refractivity contribution < 1.29 is 9.47 Å². The Morgan fingerprint density at radius 3 is 2.82 bits per heavy atom. The van der Waals surface area contributed by atoms with E-state index >= 15 is 0 Å². The summed E-state index contributed by atoms with van der Waals surface area (Å²) in [5.41, 5.74) is 2.33. The molecule has 0 aromatic heterocycles. The van der Waals surface area contributed by atoms with E-state index in [-0.39, 0.29) is 6.10 Å². The van der Waals surface area contributed by atoms with Gasteiger partial charge in [-0.3, -0.25) is 0 Å². The first kappa shape index (κ1) is 12.9. The van der Waals surface area contributed by atoms with Crippen LogP contribution >= 0.6 is 15.9 Å². The second-order valence-electron chi connectivity index (χ2n) is 4.80. The summed E-state index contributed by atoms with van der Waals surface area (Å²) in [6.45, 7) is 7.38. The Balaban J connectivity index is 1.88. The smallest absolute Gasteiger partial charge is 0.163 e. The first-order valence-corrected chi connectivity index (χ1v) is 6.57. The Labute approximate surface area is 111 Å². The Morgan fingerprint density at radius 2 is 2.24 bits per heavy atom. The lowest BCUT2D eigenvalue weighted by Gasteiger charge is -2.17. The number of ether oxygens (including phenoxy) is 2. The molecule has 1 heterocycles. The molecular weight excluding hydrogens is 282 g/mol. The molecule has 1 saturated heterocycles. The molecule has 1 atom stereocenters. The summed E-state index contributed by atoms with van der Waals surface area (Å²) in [4.78, 5) is 0. The molecule has 1 aromatic rings. The van der Waals surface area contributed by atoms with Gasteiger partial charge in [-0.15, -0.1) is 0 Å². The molecule has 17 heavy (non-hydrogen) atoms. The van der Waals surface area contributed by atoms with Gasteiger partial charge in [0.05, 0.1) is 6.61 Å². The van der Waals surface area contributed by atoms with Crippen molar-refractivity contribution in [1.29, 1.82) is 0 Å². The van der Waals surface area contributed by atoms with Crippen LogP contribution in [0.3, 0.4) is 0 Å². The number of benzene rings is 1. The summed E-state index contributed by atoms with van der Waals surface area (Å²) in [6.07, 6.45) is 0.119. The number of halogens is 1. The van der Waals surface area contributed by atoms with E-state index in [1.165, 1.54) is 5.56 Å². The molecule has 1 fully saturated rings. The second-order valence-corrected chi connectivity index (χ2v) is 5.65. The monoisotopic (exact) mass is 299 g/mol. The minimum absolute atomic E-state index is 0.119. The van der Waals surface area contributed by atoms with Gasteiger partial charge in [-0.05, 0) is 44.5 Å². The highest BCUT2D eigenvalue weighted by atomic mass is 79.9. The lowest BCUT2D eigenvalue weighted by Crippen LogP contribution is -2.26. The quantitative estimate of drug-likeness (QED) is 0.929. The van der Waals surface area contributed by atoms with E-state index in [2.05, 4.69) is 40.3 Å². The molecule has 0 spiro atoms. The molecule has 4 heteroatoms. The van der Waals surface area contributed by atoms with Crippen LogP contribution in [0.25, 0.3) is 0 Å². The van der Waals surface area contributed by atoms with E-state index in [1.54, 1.807) is 0 Å². The number of aryl methyl sites for hydroxylation is 1. The van der Waals surface area contributed by atoms with Crippen LogP contribution in [-0.2, 0) is 9.47 Å². The summed E-state index contributed by atoms with van der Waals surface area (Å²) in [5.74, 6) is -0.442. The van der Waals surface area contributed by atoms with Gasteiger partial charge in [0.2, 0.25) is 0 Å². The van der Waals surface area contributed by atoms with E-state index in [4.69, 9.17) is 9.47 Å². The molecule has 1 aromatic carbocycles. The van der Waals surface area contributed by atoms with Crippen molar-refractivity contribution in [2.24, 2.45) is 0 Å². The van der Waals surface area contributed by atoms with E-state index in [9.17, 15) is 0 Å². The zero-order chi connectivity index (χ0) is 12.5. The Bertz CT molecular complexity index is 406. The minimum atomic E-state index is -0.442. The van der Waals surface area contributed by atoms with E-state index in [0.29, 0.717) is 6.61 Å². The number of hydrogen-bond donors (Lipinski definition) is 1. The van der Waals surface area contributed by atoms with Crippen LogP contribution in [0.15, 0.2) is 22.7 Å². The molecule has 2 rings (SSSR count). The van der Waals surface area contributed by atoms with Crippen LogP contribution in [-0.4, -0.2) is 25.0 Å². The van der Waals surface area contributed by atoms with Crippen LogP contribution in [0.1, 0.15) is 19.4 Å². The molecule has 1 N–H and O–H groups in total. The molecule has 1 aliphatic rings. The zero-order valence-corrected chi connectivity index (χ0v) is 12.0. The van der Waals surface area contributed by atoms with Crippen molar-refractivity contribution in [2.45, 2.75) is 32.7 Å². The molecule has 3 nitrogen and oxygen atoms in total. The van der Waals surface area contributed by atoms with Crippen LogP contribution < -0.4 is 5.32 Å². The van der Waals surface area contributed by atoms with Crippen LogP contribution in [0.4, 0.5) is 5.69 Å². The van der Waals surface area contributed by atoms with Crippen LogP contribution in [0.5, 0.6) is 0 Å². The number of rotatable bonds is 3. The summed E-state index contributed by atoms with van der Waals surface area (Å²) >= 11 is 3.49. The summed E-state index contributed by atoms with van der Waals surface area (Å²) in [5, 5.41) is 3.37. The third kappa shape index (κ3) is 3.44. The van der Waals surface area contributed by atoms with Crippen molar-refractivity contribution in [3.63, 3.8) is 0 Å². The molecule has 0 radical (unpaired) electrons. The van der Waals surface area contributed by atoms with Gasteiger partial charge in [0.25, 0.3) is 0 Å². The first-order chi connectivity index (χ1) is 7.96. The fraction of sp³-hybridized carbons (Fsp3) is 0.538. The van der Waals surface area contributed by atoms with Gasteiger partial charge >= 0.3 is 0 Å². The molecule has 0 aliphatic carbocycles. The molecule has 0 saturated carbocycles. The van der Waals surface area contributed by atoms with Gasteiger partial charge in [-0.1, -0.05) is 15.9 Å². The fourth-order valence-corrected chi connectivity index (χ4v) is 2.10. The average molecular weight is 300 g/mol.